The minimum Gasteiger partial charge on any atom is -0.387 e. The van der Waals surface area contributed by atoms with Gasteiger partial charge in [-0.3, -0.25) is 23.4 Å². The van der Waals surface area contributed by atoms with Gasteiger partial charge in [0.05, 0.1) is 18.8 Å². The van der Waals surface area contributed by atoms with E-state index in [-0.39, 0.29) is 6.54 Å². The first kappa shape index (κ1) is 24.7. The van der Waals surface area contributed by atoms with E-state index in [0.717, 1.165) is 53.0 Å². The van der Waals surface area contributed by atoms with Gasteiger partial charge < -0.3 is 29.6 Å². The van der Waals surface area contributed by atoms with Crippen LogP contribution in [0.25, 0.3) is 0 Å². The monoisotopic (exact) mass is 498 g/mol. The molecule has 2 saturated heterocycles. The van der Waals surface area contributed by atoms with Crippen molar-refractivity contribution in [1.82, 2.24) is 14.1 Å². The summed E-state index contributed by atoms with van der Waals surface area (Å²) in [6, 6.07) is 4.83. The van der Waals surface area contributed by atoms with Gasteiger partial charge in [-0.25, -0.2) is 9.36 Å². The SMILES string of the molecule is O=c1ccn([C@@H]2O[C@H](COP(=O)(O)O)C(O)C2O)c(=O)n1Cc1cc(N2CCCCC2)ccn1. The van der Waals surface area contributed by atoms with Gasteiger partial charge in [0.25, 0.3) is 5.56 Å². The number of aliphatic hydroxyl groups excluding tert-OH is 2. The fourth-order valence-electron chi connectivity index (χ4n) is 4.20. The number of aliphatic hydroxyl groups is 2. The Balaban J connectivity index is 1.56. The zero-order chi connectivity index (χ0) is 24.5. The Labute approximate surface area is 194 Å². The number of phosphoric ester groups is 1. The Bertz CT molecular complexity index is 1170. The van der Waals surface area contributed by atoms with Gasteiger partial charge in [0, 0.05) is 37.2 Å². The van der Waals surface area contributed by atoms with Gasteiger partial charge in [-0.2, -0.15) is 0 Å². The van der Waals surface area contributed by atoms with Crippen molar-refractivity contribution in [2.45, 2.75) is 50.3 Å². The molecule has 4 heterocycles. The number of piperidine rings is 1. The Hall–Kier alpha value is -2.38. The van der Waals surface area contributed by atoms with E-state index < -0.39 is 50.2 Å². The van der Waals surface area contributed by atoms with E-state index in [1.807, 2.05) is 12.1 Å². The topological polar surface area (TPSA) is 177 Å². The van der Waals surface area contributed by atoms with E-state index in [4.69, 9.17) is 14.5 Å². The van der Waals surface area contributed by atoms with E-state index in [2.05, 4.69) is 14.4 Å². The third kappa shape index (κ3) is 5.47. The van der Waals surface area contributed by atoms with Gasteiger partial charge in [-0.05, 0) is 31.4 Å². The second kappa shape index (κ2) is 10.1. The van der Waals surface area contributed by atoms with Crippen molar-refractivity contribution in [3.8, 4) is 0 Å². The maximum atomic E-state index is 13.1. The molecule has 2 aliphatic heterocycles. The average molecular weight is 498 g/mol. The van der Waals surface area contributed by atoms with Crippen molar-refractivity contribution in [3.63, 3.8) is 0 Å². The number of hydrogen-bond acceptors (Lipinski definition) is 9. The summed E-state index contributed by atoms with van der Waals surface area (Å²) in [6.07, 6.45) is 0.246. The summed E-state index contributed by atoms with van der Waals surface area (Å²) in [5, 5.41) is 20.6. The smallest absolute Gasteiger partial charge is 0.387 e. The molecule has 0 saturated carbocycles. The van der Waals surface area contributed by atoms with Crippen LogP contribution in [0.3, 0.4) is 0 Å². The highest BCUT2D eigenvalue weighted by atomic mass is 31.2. The Morgan fingerprint density at radius 3 is 2.56 bits per heavy atom. The molecule has 186 valence electrons. The highest BCUT2D eigenvalue weighted by Crippen LogP contribution is 2.38. The number of aromatic nitrogens is 3. The van der Waals surface area contributed by atoms with Gasteiger partial charge in [-0.15, -0.1) is 0 Å². The molecule has 4 rings (SSSR count). The van der Waals surface area contributed by atoms with Crippen molar-refractivity contribution >= 4 is 13.5 Å². The van der Waals surface area contributed by atoms with E-state index in [1.54, 1.807) is 6.20 Å². The molecule has 2 aliphatic rings. The molecular weight excluding hydrogens is 471 g/mol. The summed E-state index contributed by atoms with van der Waals surface area (Å²) >= 11 is 0. The molecular formula is C20H27N4O9P. The van der Waals surface area contributed by atoms with Gasteiger partial charge in [0.15, 0.2) is 6.23 Å². The predicted octanol–water partition coefficient (Wildman–Crippen LogP) is -0.828. The average Bonchev–Trinajstić information content (AvgIpc) is 3.09. The molecule has 0 aliphatic carbocycles. The quantitative estimate of drug-likeness (QED) is 0.351. The van der Waals surface area contributed by atoms with Crippen LogP contribution in [0.1, 0.15) is 31.2 Å². The lowest BCUT2D eigenvalue weighted by atomic mass is 10.1. The van der Waals surface area contributed by atoms with Crippen LogP contribution in [-0.2, 0) is 20.4 Å². The van der Waals surface area contributed by atoms with Crippen LogP contribution in [0.15, 0.2) is 40.2 Å². The van der Waals surface area contributed by atoms with Gasteiger partial charge in [-0.1, -0.05) is 0 Å². The van der Waals surface area contributed by atoms with Crippen LogP contribution in [0.5, 0.6) is 0 Å². The summed E-state index contributed by atoms with van der Waals surface area (Å²) in [5.74, 6) is 0. The first-order valence-electron chi connectivity index (χ1n) is 10.9. The van der Waals surface area contributed by atoms with Crippen LogP contribution in [-0.4, -0.2) is 72.1 Å². The van der Waals surface area contributed by atoms with Crippen molar-refractivity contribution in [2.24, 2.45) is 0 Å². The molecule has 4 atom stereocenters. The second-order valence-corrected chi connectivity index (χ2v) is 9.56. The summed E-state index contributed by atoms with van der Waals surface area (Å²) in [5.41, 5.74) is 0.0757. The van der Waals surface area contributed by atoms with E-state index in [1.165, 1.54) is 6.42 Å². The number of rotatable bonds is 7. The normalized spacial score (nSPS) is 25.6. The Morgan fingerprint density at radius 2 is 1.85 bits per heavy atom. The largest absolute Gasteiger partial charge is 0.469 e. The Morgan fingerprint density at radius 1 is 1.12 bits per heavy atom. The van der Waals surface area contributed by atoms with Crippen LogP contribution in [0.2, 0.25) is 0 Å². The minimum absolute atomic E-state index is 0.115. The molecule has 0 amide bonds. The summed E-state index contributed by atoms with van der Waals surface area (Å²) in [6.45, 7) is 1.03. The summed E-state index contributed by atoms with van der Waals surface area (Å²) < 4.78 is 22.6. The molecule has 2 fully saturated rings. The predicted molar refractivity (Wildman–Crippen MR) is 118 cm³/mol. The molecule has 0 spiro atoms. The summed E-state index contributed by atoms with van der Waals surface area (Å²) in [4.78, 5) is 49.8. The Kier molecular flexibility index (Phi) is 7.33. The number of ether oxygens (including phenoxy) is 1. The van der Waals surface area contributed by atoms with Crippen molar-refractivity contribution in [1.29, 1.82) is 0 Å². The number of nitrogens with zero attached hydrogens (tertiary/aromatic N) is 4. The van der Waals surface area contributed by atoms with Crippen LogP contribution < -0.4 is 16.1 Å². The van der Waals surface area contributed by atoms with Crippen LogP contribution in [0, 0.1) is 0 Å². The van der Waals surface area contributed by atoms with Crippen molar-refractivity contribution < 1.29 is 33.8 Å². The zero-order valence-corrected chi connectivity index (χ0v) is 19.1. The van der Waals surface area contributed by atoms with E-state index >= 15 is 0 Å². The molecule has 0 aromatic carbocycles. The van der Waals surface area contributed by atoms with Gasteiger partial charge in [0.2, 0.25) is 0 Å². The second-order valence-electron chi connectivity index (χ2n) is 8.32. The van der Waals surface area contributed by atoms with Gasteiger partial charge >= 0.3 is 13.5 Å². The number of phosphoric acid groups is 1. The molecule has 2 aromatic heterocycles. The fourth-order valence-corrected chi connectivity index (χ4v) is 4.54. The molecule has 0 radical (unpaired) electrons. The van der Waals surface area contributed by atoms with Crippen molar-refractivity contribution in [2.75, 3.05) is 24.6 Å². The van der Waals surface area contributed by atoms with Crippen LogP contribution in [0.4, 0.5) is 5.69 Å². The van der Waals surface area contributed by atoms with E-state index in [9.17, 15) is 24.4 Å². The van der Waals surface area contributed by atoms with E-state index in [0.29, 0.717) is 5.69 Å². The maximum Gasteiger partial charge on any atom is 0.469 e. The summed E-state index contributed by atoms with van der Waals surface area (Å²) in [7, 11) is -4.83. The molecule has 34 heavy (non-hydrogen) atoms. The lowest BCUT2D eigenvalue weighted by molar-refractivity contribution is -0.0548. The molecule has 2 aromatic rings. The van der Waals surface area contributed by atoms with Crippen LogP contribution >= 0.6 is 7.82 Å². The first-order chi connectivity index (χ1) is 16.1. The maximum absolute atomic E-state index is 13.1. The molecule has 0 bridgehead atoms. The molecule has 4 N–H and O–H groups in total. The third-order valence-electron chi connectivity index (χ3n) is 5.96. The van der Waals surface area contributed by atoms with Gasteiger partial charge in [0.1, 0.15) is 18.3 Å². The van der Waals surface area contributed by atoms with Crippen molar-refractivity contribution in [3.05, 3.63) is 57.1 Å². The number of hydrogen-bond donors (Lipinski definition) is 4. The lowest BCUT2D eigenvalue weighted by Gasteiger charge is -2.29. The fraction of sp³-hybridized carbons (Fsp3) is 0.550. The molecule has 13 nitrogen and oxygen atoms in total. The highest BCUT2D eigenvalue weighted by molar-refractivity contribution is 7.46. The zero-order valence-electron chi connectivity index (χ0n) is 18.2. The molecule has 14 heteroatoms. The minimum atomic E-state index is -4.83. The number of pyridine rings is 1. The molecule has 2 unspecified atom stereocenters. The number of anilines is 1. The third-order valence-corrected chi connectivity index (χ3v) is 6.44. The highest BCUT2D eigenvalue weighted by Gasteiger charge is 2.45. The first-order valence-corrected chi connectivity index (χ1v) is 12.4. The standard InChI is InChI=1S/C20H27N4O9P/c25-16-5-9-23(19-18(27)17(26)15(33-19)12-32-34(29,30)31)20(28)24(16)11-13-10-14(4-6-21-13)22-7-2-1-3-8-22/h4-6,9-10,15,17-19,26-27H,1-3,7-8,11-12H2,(H2,29,30,31)/t15-,17?,18?,19-/m1/s1. The lowest BCUT2D eigenvalue weighted by Crippen LogP contribution is -2.43.